The fourth-order valence-electron chi connectivity index (χ4n) is 2.75. The number of aromatic nitrogens is 3. The van der Waals surface area contributed by atoms with Crippen LogP contribution in [0.2, 0.25) is 5.02 Å². The van der Waals surface area contributed by atoms with Gasteiger partial charge in [0.25, 0.3) is 10.2 Å². The molecule has 3 aromatic rings. The summed E-state index contributed by atoms with van der Waals surface area (Å²) >= 11 is 5.82. The lowest BCUT2D eigenvalue weighted by molar-refractivity contribution is 0.588. The Labute approximate surface area is 176 Å². The van der Waals surface area contributed by atoms with Crippen LogP contribution in [0.1, 0.15) is 16.7 Å². The lowest BCUT2D eigenvalue weighted by atomic mass is 9.96. The van der Waals surface area contributed by atoms with E-state index in [1.165, 1.54) is 31.4 Å². The molecule has 12 heteroatoms. The number of hydrogen-bond donors (Lipinski definition) is 3. The third-order valence-electron chi connectivity index (χ3n) is 4.40. The molecule has 0 saturated heterocycles. The summed E-state index contributed by atoms with van der Waals surface area (Å²) in [6.07, 6.45) is 1.19. The normalized spacial score (nSPS) is 11.5. The molecule has 158 valence electrons. The molecular weight excluding hydrogens is 438 g/mol. The minimum Gasteiger partial charge on any atom is -0.382 e. The third-order valence-corrected chi connectivity index (χ3v) is 5.64. The quantitative estimate of drug-likeness (QED) is 0.526. The van der Waals surface area contributed by atoms with Gasteiger partial charge in [-0.15, -0.1) is 10.2 Å². The average Bonchev–Trinajstić information content (AvgIpc) is 2.69. The van der Waals surface area contributed by atoms with Crippen molar-refractivity contribution in [3.8, 4) is 11.3 Å². The van der Waals surface area contributed by atoms with Crippen LogP contribution in [0, 0.1) is 18.6 Å². The number of halogens is 3. The van der Waals surface area contributed by atoms with Gasteiger partial charge in [0, 0.05) is 30.3 Å². The topological polar surface area (TPSA) is 123 Å². The summed E-state index contributed by atoms with van der Waals surface area (Å²) in [5.74, 6) is -1.88. The smallest absolute Gasteiger partial charge is 0.300 e. The fraction of sp³-hybridized carbons (Fsp3) is 0.167. The zero-order chi connectivity index (χ0) is 22.1. The van der Waals surface area contributed by atoms with E-state index in [2.05, 4.69) is 15.2 Å². The molecule has 0 bridgehead atoms. The maximum Gasteiger partial charge on any atom is 0.300 e. The van der Waals surface area contributed by atoms with Gasteiger partial charge in [-0.25, -0.2) is 18.5 Å². The highest BCUT2D eigenvalue weighted by atomic mass is 35.5. The monoisotopic (exact) mass is 454 g/mol. The Bertz CT molecular complexity index is 1220. The molecule has 0 spiro atoms. The second kappa shape index (κ2) is 8.46. The van der Waals surface area contributed by atoms with Crippen LogP contribution >= 0.6 is 11.6 Å². The van der Waals surface area contributed by atoms with E-state index in [-0.39, 0.29) is 34.1 Å². The van der Waals surface area contributed by atoms with Crippen molar-refractivity contribution >= 4 is 33.4 Å². The van der Waals surface area contributed by atoms with Crippen molar-refractivity contribution in [1.82, 2.24) is 19.9 Å². The lowest BCUT2D eigenvalue weighted by Gasteiger charge is -2.15. The first-order chi connectivity index (χ1) is 14.1. The van der Waals surface area contributed by atoms with Crippen LogP contribution in [-0.2, 0) is 16.6 Å². The van der Waals surface area contributed by atoms with Gasteiger partial charge in [0.1, 0.15) is 11.6 Å². The van der Waals surface area contributed by atoms with Crippen LogP contribution in [0.3, 0.4) is 0 Å². The molecule has 0 amide bonds. The molecule has 0 atom stereocenters. The van der Waals surface area contributed by atoms with E-state index in [9.17, 15) is 17.2 Å². The summed E-state index contributed by atoms with van der Waals surface area (Å²) < 4.78 is 56.8. The first-order valence-corrected chi connectivity index (χ1v) is 10.4. The Morgan fingerprint density at radius 2 is 1.93 bits per heavy atom. The van der Waals surface area contributed by atoms with Crippen molar-refractivity contribution < 1.29 is 17.2 Å². The molecule has 0 radical (unpaired) electrons. The van der Waals surface area contributed by atoms with Crippen LogP contribution in [0.25, 0.3) is 11.3 Å². The third kappa shape index (κ3) is 4.48. The number of rotatable bonds is 6. The van der Waals surface area contributed by atoms with Gasteiger partial charge in [0.15, 0.2) is 11.6 Å². The molecule has 0 aliphatic heterocycles. The van der Waals surface area contributed by atoms with Crippen molar-refractivity contribution in [2.75, 3.05) is 17.5 Å². The summed E-state index contributed by atoms with van der Waals surface area (Å²) in [7, 11) is -2.79. The van der Waals surface area contributed by atoms with E-state index in [0.717, 1.165) is 6.07 Å². The van der Waals surface area contributed by atoms with Crippen LogP contribution in [0.5, 0.6) is 0 Å². The molecule has 4 N–H and O–H groups in total. The maximum absolute atomic E-state index is 14.9. The Hall–Kier alpha value is -2.89. The van der Waals surface area contributed by atoms with Gasteiger partial charge in [-0.1, -0.05) is 11.6 Å². The minimum atomic E-state index is -3.97. The number of benzene rings is 1. The number of pyridine rings is 1. The minimum absolute atomic E-state index is 0.0639. The molecule has 3 rings (SSSR count). The highest BCUT2D eigenvalue weighted by molar-refractivity contribution is 7.90. The zero-order valence-corrected chi connectivity index (χ0v) is 17.4. The summed E-state index contributed by atoms with van der Waals surface area (Å²) in [4.78, 5) is 3.73. The molecular formula is C18H17ClF2N6O2S. The first-order valence-electron chi connectivity index (χ1n) is 8.54. The van der Waals surface area contributed by atoms with Crippen molar-refractivity contribution in [3.05, 3.63) is 63.8 Å². The highest BCUT2D eigenvalue weighted by Crippen LogP contribution is 2.32. The van der Waals surface area contributed by atoms with Crippen LogP contribution in [0.15, 0.2) is 30.5 Å². The highest BCUT2D eigenvalue weighted by Gasteiger charge is 2.21. The van der Waals surface area contributed by atoms with Gasteiger partial charge in [0.2, 0.25) is 0 Å². The molecule has 0 saturated carbocycles. The molecule has 1 aromatic carbocycles. The van der Waals surface area contributed by atoms with Gasteiger partial charge >= 0.3 is 0 Å². The molecule has 0 aliphatic rings. The van der Waals surface area contributed by atoms with Gasteiger partial charge in [0.05, 0.1) is 5.69 Å². The Balaban J connectivity index is 2.11. The van der Waals surface area contributed by atoms with Crippen LogP contribution < -0.4 is 15.2 Å². The molecule has 0 aliphatic carbocycles. The number of nitrogen functional groups attached to an aromatic ring is 1. The van der Waals surface area contributed by atoms with Crippen LogP contribution in [0.4, 0.5) is 20.4 Å². The van der Waals surface area contributed by atoms with Crippen molar-refractivity contribution in [2.45, 2.75) is 13.3 Å². The predicted octanol–water partition coefficient (Wildman–Crippen LogP) is 2.83. The van der Waals surface area contributed by atoms with Crippen molar-refractivity contribution in [2.24, 2.45) is 0 Å². The van der Waals surface area contributed by atoms with E-state index in [4.69, 9.17) is 17.3 Å². The predicted molar refractivity (Wildman–Crippen MR) is 110 cm³/mol. The Kier molecular flexibility index (Phi) is 6.15. The Morgan fingerprint density at radius 3 is 2.60 bits per heavy atom. The van der Waals surface area contributed by atoms with Crippen LogP contribution in [-0.4, -0.2) is 30.6 Å². The number of anilines is 2. The van der Waals surface area contributed by atoms with Gasteiger partial charge in [-0.3, -0.25) is 4.72 Å². The summed E-state index contributed by atoms with van der Waals surface area (Å²) in [5, 5.41) is 8.05. The molecule has 0 fully saturated rings. The van der Waals surface area contributed by atoms with E-state index in [0.29, 0.717) is 11.1 Å². The number of nitrogens with one attached hydrogen (secondary N) is 2. The van der Waals surface area contributed by atoms with Crippen molar-refractivity contribution in [3.63, 3.8) is 0 Å². The standard InChI is InChI=1S/C18H17ClF2N6O2S/c1-9-13(7-10-5-6-24-18(15(10)21)27-30(28,29)23-2)16(25-26-17(9)22)12-4-3-11(19)8-14(12)20/h3-6,8,23H,7H2,1-2H3,(H2,22,26)(H,24,27). The van der Waals surface area contributed by atoms with E-state index < -0.39 is 27.7 Å². The van der Waals surface area contributed by atoms with E-state index in [1.54, 1.807) is 6.92 Å². The summed E-state index contributed by atoms with van der Waals surface area (Å²) in [6, 6.07) is 5.45. The second-order valence-electron chi connectivity index (χ2n) is 6.28. The maximum atomic E-state index is 14.9. The number of nitrogens with two attached hydrogens (primary N) is 1. The zero-order valence-electron chi connectivity index (χ0n) is 15.9. The molecule has 30 heavy (non-hydrogen) atoms. The largest absolute Gasteiger partial charge is 0.382 e. The number of nitrogens with zero attached hydrogens (tertiary/aromatic N) is 3. The Morgan fingerprint density at radius 1 is 1.20 bits per heavy atom. The molecule has 8 nitrogen and oxygen atoms in total. The SMILES string of the molecule is CNS(=O)(=O)Nc1nccc(Cc2c(-c3ccc(Cl)cc3F)nnc(N)c2C)c1F. The molecule has 0 unspecified atom stereocenters. The van der Waals surface area contributed by atoms with E-state index in [1.807, 2.05) is 9.44 Å². The first kappa shape index (κ1) is 21.8. The lowest BCUT2D eigenvalue weighted by Crippen LogP contribution is -2.27. The van der Waals surface area contributed by atoms with Gasteiger partial charge < -0.3 is 5.73 Å². The number of hydrogen-bond acceptors (Lipinski definition) is 6. The summed E-state index contributed by atoms with van der Waals surface area (Å²) in [5.41, 5.74) is 7.17. The average molecular weight is 455 g/mol. The van der Waals surface area contributed by atoms with Gasteiger partial charge in [-0.05, 0) is 47.9 Å². The fourth-order valence-corrected chi connectivity index (χ4v) is 3.40. The summed E-state index contributed by atoms with van der Waals surface area (Å²) in [6.45, 7) is 1.65. The molecule has 2 heterocycles. The molecule has 2 aromatic heterocycles. The van der Waals surface area contributed by atoms with Crippen molar-refractivity contribution in [1.29, 1.82) is 0 Å². The van der Waals surface area contributed by atoms with E-state index >= 15 is 0 Å². The second-order valence-corrected chi connectivity index (χ2v) is 8.34. The van der Waals surface area contributed by atoms with Gasteiger partial charge in [-0.2, -0.15) is 8.42 Å².